The van der Waals surface area contributed by atoms with E-state index in [0.29, 0.717) is 35.4 Å². The van der Waals surface area contributed by atoms with Crippen LogP contribution in [0.4, 0.5) is 5.69 Å². The van der Waals surface area contributed by atoms with Gasteiger partial charge in [0.2, 0.25) is 0 Å². The van der Waals surface area contributed by atoms with Crippen LogP contribution in [-0.2, 0) is 25.6 Å². The number of carbonyl (C=O) groups is 3. The first kappa shape index (κ1) is 26.4. The number of esters is 2. The summed E-state index contributed by atoms with van der Waals surface area (Å²) < 4.78 is 10.9. The Kier molecular flexibility index (Phi) is 9.43. The van der Waals surface area contributed by atoms with Crippen molar-refractivity contribution in [3.63, 3.8) is 0 Å². The molecule has 0 radical (unpaired) electrons. The number of unbranched alkanes of at least 4 members (excludes halogenated alkanes) is 1. The second-order valence-electron chi connectivity index (χ2n) is 9.45. The molecule has 0 aliphatic carbocycles. The molecule has 35 heavy (non-hydrogen) atoms. The third-order valence-corrected chi connectivity index (χ3v) is 6.65. The summed E-state index contributed by atoms with van der Waals surface area (Å²) in [6.07, 6.45) is 3.43. The molecule has 1 amide bonds. The number of benzene rings is 2. The van der Waals surface area contributed by atoms with E-state index in [-0.39, 0.29) is 24.3 Å². The number of para-hydroxylation sites is 1. The van der Waals surface area contributed by atoms with Crippen molar-refractivity contribution in [1.82, 2.24) is 0 Å². The summed E-state index contributed by atoms with van der Waals surface area (Å²) in [6, 6.07) is 15.3. The van der Waals surface area contributed by atoms with Crippen LogP contribution < -0.4 is 5.32 Å². The lowest BCUT2D eigenvalue weighted by Gasteiger charge is -2.43. The molecular weight excluding hydrogens is 444 g/mol. The van der Waals surface area contributed by atoms with E-state index in [1.807, 2.05) is 31.2 Å². The molecule has 1 saturated heterocycles. The van der Waals surface area contributed by atoms with Crippen LogP contribution in [0.3, 0.4) is 0 Å². The van der Waals surface area contributed by atoms with Crippen LogP contribution in [0.1, 0.15) is 54.1 Å². The Morgan fingerprint density at radius 1 is 1.09 bits per heavy atom. The van der Waals surface area contributed by atoms with Crippen LogP contribution in [0, 0.1) is 12.8 Å². The molecule has 1 aliphatic rings. The molecule has 1 aliphatic heterocycles. The first-order valence-electron chi connectivity index (χ1n) is 12.4. The molecule has 2 aromatic carbocycles. The van der Waals surface area contributed by atoms with Gasteiger partial charge in [-0.15, -0.1) is 0 Å². The van der Waals surface area contributed by atoms with E-state index in [9.17, 15) is 14.4 Å². The van der Waals surface area contributed by atoms with Crippen LogP contribution in [0.2, 0.25) is 0 Å². The Hall–Kier alpha value is -3.19. The standard InChI is InChI=1S/C28H36N2O5/c1-4-5-17-35-27(32)23-14-10-16-30(19-23,18-22-12-7-6-8-13-22)20-25(31)29-26-21(2)11-9-15-24(26)28(33)34-3/h6-9,11-13,15,23H,4-5,10,14,16-20H2,1-3H3/p+1. The van der Waals surface area contributed by atoms with Crippen molar-refractivity contribution in [2.45, 2.75) is 46.1 Å². The van der Waals surface area contributed by atoms with Gasteiger partial charge in [-0.05, 0) is 37.8 Å². The minimum atomic E-state index is -0.495. The van der Waals surface area contributed by atoms with Gasteiger partial charge in [0.1, 0.15) is 12.5 Å². The zero-order valence-electron chi connectivity index (χ0n) is 21.0. The van der Waals surface area contributed by atoms with Gasteiger partial charge in [0.25, 0.3) is 5.91 Å². The molecular formula is C28H37N2O5+. The van der Waals surface area contributed by atoms with E-state index >= 15 is 0 Å². The lowest BCUT2D eigenvalue weighted by Crippen LogP contribution is -2.58. The maximum absolute atomic E-state index is 13.4. The Morgan fingerprint density at radius 3 is 2.57 bits per heavy atom. The van der Waals surface area contributed by atoms with Gasteiger partial charge < -0.3 is 19.3 Å². The van der Waals surface area contributed by atoms with Crippen molar-refractivity contribution in [2.24, 2.45) is 5.92 Å². The normalized spacial score (nSPS) is 19.6. The lowest BCUT2D eigenvalue weighted by atomic mass is 9.94. The largest absolute Gasteiger partial charge is 0.465 e. The van der Waals surface area contributed by atoms with E-state index in [4.69, 9.17) is 9.47 Å². The molecule has 1 N–H and O–H groups in total. The average molecular weight is 482 g/mol. The third kappa shape index (κ3) is 7.15. The summed E-state index contributed by atoms with van der Waals surface area (Å²) in [5, 5.41) is 2.97. The number of carbonyl (C=O) groups excluding carboxylic acids is 3. The van der Waals surface area contributed by atoms with Crippen LogP contribution >= 0.6 is 0 Å². The number of nitrogens with zero attached hydrogens (tertiary/aromatic N) is 1. The monoisotopic (exact) mass is 481 g/mol. The first-order valence-corrected chi connectivity index (χ1v) is 12.4. The molecule has 2 unspecified atom stereocenters. The fourth-order valence-electron chi connectivity index (χ4n) is 4.86. The molecule has 188 valence electrons. The topological polar surface area (TPSA) is 81.7 Å². The smallest absolute Gasteiger partial charge is 0.339 e. The van der Waals surface area contributed by atoms with Gasteiger partial charge in [-0.25, -0.2) is 4.79 Å². The van der Waals surface area contributed by atoms with Crippen molar-refractivity contribution in [1.29, 1.82) is 0 Å². The molecule has 3 rings (SSSR count). The molecule has 2 aromatic rings. The molecule has 1 heterocycles. The van der Waals surface area contributed by atoms with Gasteiger partial charge in [-0.3, -0.25) is 9.59 Å². The van der Waals surface area contributed by atoms with E-state index < -0.39 is 5.97 Å². The summed E-state index contributed by atoms with van der Waals surface area (Å²) in [7, 11) is 1.32. The molecule has 1 fully saturated rings. The van der Waals surface area contributed by atoms with Crippen molar-refractivity contribution < 1.29 is 28.3 Å². The molecule has 0 aromatic heterocycles. The number of aryl methyl sites for hydroxylation is 1. The van der Waals surface area contributed by atoms with Crippen molar-refractivity contribution >= 4 is 23.5 Å². The average Bonchev–Trinajstić information content (AvgIpc) is 2.85. The van der Waals surface area contributed by atoms with Gasteiger partial charge in [-0.2, -0.15) is 0 Å². The molecule has 0 saturated carbocycles. The van der Waals surface area contributed by atoms with E-state index in [0.717, 1.165) is 43.4 Å². The fraction of sp³-hybridized carbons (Fsp3) is 0.464. The summed E-state index contributed by atoms with van der Waals surface area (Å²) in [5.74, 6) is -1.09. The number of rotatable bonds is 10. The van der Waals surface area contributed by atoms with Gasteiger partial charge in [0, 0.05) is 5.56 Å². The molecule has 0 bridgehead atoms. The summed E-state index contributed by atoms with van der Waals surface area (Å²) >= 11 is 0. The molecule has 7 nitrogen and oxygen atoms in total. The van der Waals surface area contributed by atoms with Gasteiger partial charge in [-0.1, -0.05) is 55.8 Å². The Labute approximate surface area is 208 Å². The number of piperidine rings is 1. The number of likely N-dealkylation sites (tertiary alicyclic amines) is 1. The predicted molar refractivity (Wildman–Crippen MR) is 135 cm³/mol. The number of ether oxygens (including phenoxy) is 2. The van der Waals surface area contributed by atoms with Crippen LogP contribution in [0.25, 0.3) is 0 Å². The van der Waals surface area contributed by atoms with Gasteiger partial charge >= 0.3 is 11.9 Å². The van der Waals surface area contributed by atoms with Crippen LogP contribution in [0.5, 0.6) is 0 Å². The molecule has 7 heteroatoms. The van der Waals surface area contributed by atoms with E-state index in [1.165, 1.54) is 7.11 Å². The SMILES string of the molecule is CCCCOC(=O)C1CCC[N+](CC(=O)Nc2c(C)cccc2C(=O)OC)(Cc2ccccc2)C1. The Bertz CT molecular complexity index is 1020. The summed E-state index contributed by atoms with van der Waals surface area (Å²) in [5.41, 5.74) is 2.69. The maximum Gasteiger partial charge on any atom is 0.339 e. The number of amides is 1. The quantitative estimate of drug-likeness (QED) is 0.307. The van der Waals surface area contributed by atoms with Gasteiger partial charge in [0.15, 0.2) is 6.54 Å². The van der Waals surface area contributed by atoms with Crippen LogP contribution in [0.15, 0.2) is 48.5 Å². The highest BCUT2D eigenvalue weighted by Crippen LogP contribution is 2.29. The zero-order chi connectivity index (χ0) is 25.3. The number of hydrogen-bond donors (Lipinski definition) is 1. The number of nitrogens with one attached hydrogen (secondary N) is 1. The Balaban J connectivity index is 1.82. The Morgan fingerprint density at radius 2 is 1.86 bits per heavy atom. The first-order chi connectivity index (χ1) is 16.9. The summed E-state index contributed by atoms with van der Waals surface area (Å²) in [6.45, 7) is 6.53. The number of hydrogen-bond acceptors (Lipinski definition) is 5. The fourth-order valence-corrected chi connectivity index (χ4v) is 4.86. The summed E-state index contributed by atoms with van der Waals surface area (Å²) in [4.78, 5) is 38.4. The second-order valence-corrected chi connectivity index (χ2v) is 9.45. The minimum absolute atomic E-state index is 0.166. The number of anilines is 1. The third-order valence-electron chi connectivity index (χ3n) is 6.65. The maximum atomic E-state index is 13.4. The van der Waals surface area contributed by atoms with Crippen molar-refractivity contribution in [3.8, 4) is 0 Å². The predicted octanol–water partition coefficient (Wildman–Crippen LogP) is 4.49. The number of methoxy groups -OCH3 is 1. The number of quaternary nitrogens is 1. The van der Waals surface area contributed by atoms with Crippen molar-refractivity contribution in [2.75, 3.05) is 38.7 Å². The lowest BCUT2D eigenvalue weighted by molar-refractivity contribution is -0.940. The van der Waals surface area contributed by atoms with Crippen molar-refractivity contribution in [3.05, 3.63) is 65.2 Å². The van der Waals surface area contributed by atoms with Gasteiger partial charge in [0.05, 0.1) is 38.1 Å². The molecule has 0 spiro atoms. The highest BCUT2D eigenvalue weighted by molar-refractivity contribution is 6.02. The molecule has 2 atom stereocenters. The van der Waals surface area contributed by atoms with E-state index in [2.05, 4.69) is 24.4 Å². The highest BCUT2D eigenvalue weighted by Gasteiger charge is 2.40. The highest BCUT2D eigenvalue weighted by atomic mass is 16.5. The van der Waals surface area contributed by atoms with E-state index in [1.54, 1.807) is 12.1 Å². The zero-order valence-corrected chi connectivity index (χ0v) is 21.0. The van der Waals surface area contributed by atoms with Crippen LogP contribution in [-0.4, -0.2) is 55.7 Å². The minimum Gasteiger partial charge on any atom is -0.465 e. The second kappa shape index (κ2) is 12.5.